The second-order valence-corrected chi connectivity index (χ2v) is 5.83. The van der Waals surface area contributed by atoms with Crippen molar-refractivity contribution in [1.82, 2.24) is 0 Å². The van der Waals surface area contributed by atoms with Crippen LogP contribution in [0.15, 0.2) is 103 Å². The van der Waals surface area contributed by atoms with E-state index in [1.807, 2.05) is 0 Å². The molecule has 4 aromatic heterocycles. The average molecular weight is 406 g/mol. The average Bonchev–Trinajstić information content (AvgIpc) is 3.57. The Morgan fingerprint density at radius 3 is 1.10 bits per heavy atom. The first-order chi connectivity index (χ1) is 14.7. The normalized spacial score (nSPS) is 10.3. The van der Waals surface area contributed by atoms with Crippen LogP contribution in [-0.2, 0) is 19.4 Å². The van der Waals surface area contributed by atoms with Gasteiger partial charge in [0.2, 0.25) is 0 Å². The quantitative estimate of drug-likeness (QED) is 0.259. The van der Waals surface area contributed by atoms with Crippen LogP contribution < -0.4 is 0 Å². The van der Waals surface area contributed by atoms with E-state index in [4.69, 9.17) is 17.7 Å². The van der Waals surface area contributed by atoms with Crippen LogP contribution >= 0.6 is 0 Å². The third-order valence-electron chi connectivity index (χ3n) is 3.88. The predicted molar refractivity (Wildman–Crippen MR) is 101 cm³/mol. The molecule has 0 aliphatic heterocycles. The van der Waals surface area contributed by atoms with E-state index in [0.29, 0.717) is 34.2 Å². The third kappa shape index (κ3) is 4.33. The number of rotatable bonds is 6. The van der Waals surface area contributed by atoms with Crippen LogP contribution in [0.4, 0.5) is 0 Å². The van der Waals surface area contributed by atoms with E-state index in [2.05, 4.69) is 9.78 Å². The molecular weight excluding hydrogens is 392 g/mol. The number of furan rings is 4. The van der Waals surface area contributed by atoms with Gasteiger partial charge in [-0.1, -0.05) is 0 Å². The molecule has 4 aromatic rings. The van der Waals surface area contributed by atoms with Crippen molar-refractivity contribution >= 4 is 23.1 Å². The molecule has 4 rings (SSSR count). The van der Waals surface area contributed by atoms with Gasteiger partial charge < -0.3 is 17.7 Å². The summed E-state index contributed by atoms with van der Waals surface area (Å²) in [6.45, 7) is 0. The van der Waals surface area contributed by atoms with E-state index in [9.17, 15) is 9.59 Å². The summed E-state index contributed by atoms with van der Waals surface area (Å²) in [7, 11) is 0. The molecule has 4 heterocycles. The molecule has 8 nitrogen and oxygen atoms in total. The number of hydrogen-bond acceptors (Lipinski definition) is 8. The lowest BCUT2D eigenvalue weighted by molar-refractivity contribution is -0.250. The van der Waals surface area contributed by atoms with Crippen molar-refractivity contribution in [3.8, 4) is 0 Å². The summed E-state index contributed by atoms with van der Waals surface area (Å²) >= 11 is 0. The van der Waals surface area contributed by atoms with Crippen LogP contribution in [0.3, 0.4) is 0 Å². The molecule has 0 N–H and O–H groups in total. The molecule has 0 radical (unpaired) electrons. The topological polar surface area (TPSA) is 105 Å². The van der Waals surface area contributed by atoms with Gasteiger partial charge in [-0.25, -0.2) is 19.4 Å². The van der Waals surface area contributed by atoms with Crippen molar-refractivity contribution in [3.05, 3.63) is 109 Å². The van der Waals surface area contributed by atoms with Crippen LogP contribution in [0.5, 0.6) is 0 Å². The van der Waals surface area contributed by atoms with Crippen LogP contribution in [0.2, 0.25) is 0 Å². The lowest BCUT2D eigenvalue weighted by Gasteiger charge is -2.03. The first-order valence-corrected chi connectivity index (χ1v) is 8.72. The highest BCUT2D eigenvalue weighted by atomic mass is 17.2. The molecule has 30 heavy (non-hydrogen) atoms. The fourth-order valence-corrected chi connectivity index (χ4v) is 2.62. The molecule has 0 saturated carbocycles. The van der Waals surface area contributed by atoms with Crippen molar-refractivity contribution in [2.45, 2.75) is 0 Å². The van der Waals surface area contributed by atoms with Gasteiger partial charge in [0.05, 0.1) is 36.2 Å². The molecular formula is C22H14O8. The van der Waals surface area contributed by atoms with E-state index in [0.717, 1.165) is 12.2 Å². The van der Waals surface area contributed by atoms with Gasteiger partial charge in [-0.05, 0) is 48.5 Å². The summed E-state index contributed by atoms with van der Waals surface area (Å²) in [6, 6.07) is 13.2. The summed E-state index contributed by atoms with van der Waals surface area (Å²) in [5.41, 5.74) is 0.655. The molecule has 0 amide bonds. The summed E-state index contributed by atoms with van der Waals surface area (Å²) in [5, 5.41) is 0. The fraction of sp³-hybridized carbons (Fsp3) is 0. The molecule has 0 saturated heterocycles. The lowest BCUT2D eigenvalue weighted by atomic mass is 10.1. The van der Waals surface area contributed by atoms with Crippen molar-refractivity contribution in [2.75, 3.05) is 0 Å². The minimum absolute atomic E-state index is 0.327. The molecule has 0 aromatic carbocycles. The largest absolute Gasteiger partial charge is 0.464 e. The maximum atomic E-state index is 12.2. The molecule has 0 fully saturated rings. The standard InChI is InChI=1S/C22H14O8/c23-21(13-15(17-5-1-9-25-17)18-6-2-10-26-18)29-30-22(24)14-16(19-7-3-11-27-19)20-8-4-12-28-20/h1-14H. The molecule has 8 heteroatoms. The van der Waals surface area contributed by atoms with Crippen LogP contribution in [0, 0.1) is 0 Å². The van der Waals surface area contributed by atoms with Gasteiger partial charge in [-0.3, -0.25) is 0 Å². The smallest absolute Gasteiger partial charge is 0.380 e. The SMILES string of the molecule is O=C(C=C(c1ccco1)c1ccco1)OOC(=O)C=C(c1ccco1)c1ccco1. The molecule has 0 bridgehead atoms. The molecule has 150 valence electrons. The van der Waals surface area contributed by atoms with Gasteiger partial charge in [0.15, 0.2) is 0 Å². The van der Waals surface area contributed by atoms with E-state index >= 15 is 0 Å². The van der Waals surface area contributed by atoms with Gasteiger partial charge in [0, 0.05) is 12.2 Å². The Balaban J connectivity index is 1.48. The number of carbonyl (C=O) groups excluding carboxylic acids is 2. The number of hydrogen-bond donors (Lipinski definition) is 0. The van der Waals surface area contributed by atoms with Gasteiger partial charge in [0.1, 0.15) is 23.0 Å². The van der Waals surface area contributed by atoms with Gasteiger partial charge in [-0.2, -0.15) is 0 Å². The van der Waals surface area contributed by atoms with Crippen LogP contribution in [0.1, 0.15) is 23.0 Å². The summed E-state index contributed by atoms with van der Waals surface area (Å²) in [5.74, 6) is -0.344. The maximum Gasteiger partial charge on any atom is 0.380 e. The van der Waals surface area contributed by atoms with Crippen molar-refractivity contribution in [1.29, 1.82) is 0 Å². The summed E-state index contributed by atoms with van der Waals surface area (Å²) in [4.78, 5) is 33.6. The van der Waals surface area contributed by atoms with Crippen LogP contribution in [0.25, 0.3) is 11.1 Å². The minimum Gasteiger partial charge on any atom is -0.464 e. The Hall–Kier alpha value is -4.46. The summed E-state index contributed by atoms with van der Waals surface area (Å²) in [6.07, 6.45) is 7.99. The zero-order chi connectivity index (χ0) is 20.8. The highest BCUT2D eigenvalue weighted by Crippen LogP contribution is 2.25. The maximum absolute atomic E-state index is 12.2. The van der Waals surface area contributed by atoms with E-state index in [1.54, 1.807) is 48.5 Å². The zero-order valence-corrected chi connectivity index (χ0v) is 15.3. The number of carbonyl (C=O) groups is 2. The highest BCUT2D eigenvalue weighted by Gasteiger charge is 2.17. The van der Waals surface area contributed by atoms with Crippen LogP contribution in [-0.4, -0.2) is 11.9 Å². The second-order valence-electron chi connectivity index (χ2n) is 5.83. The molecule has 0 aliphatic rings. The Bertz CT molecular complexity index is 975. The third-order valence-corrected chi connectivity index (χ3v) is 3.88. The first kappa shape index (κ1) is 18.9. The molecule has 0 aliphatic carbocycles. The predicted octanol–water partition coefficient (Wildman–Crippen LogP) is 4.62. The van der Waals surface area contributed by atoms with E-state index in [1.165, 1.54) is 25.1 Å². The second kappa shape index (κ2) is 8.70. The van der Waals surface area contributed by atoms with Gasteiger partial charge in [-0.15, -0.1) is 0 Å². The Morgan fingerprint density at radius 2 is 0.867 bits per heavy atom. The Morgan fingerprint density at radius 1 is 0.567 bits per heavy atom. The molecule has 0 unspecified atom stereocenters. The molecule has 0 atom stereocenters. The monoisotopic (exact) mass is 406 g/mol. The highest BCUT2D eigenvalue weighted by molar-refractivity contribution is 5.96. The van der Waals surface area contributed by atoms with E-state index in [-0.39, 0.29) is 0 Å². The Labute approximate surface area is 169 Å². The lowest BCUT2D eigenvalue weighted by Crippen LogP contribution is -2.08. The minimum atomic E-state index is -0.933. The fourth-order valence-electron chi connectivity index (χ4n) is 2.62. The zero-order valence-electron chi connectivity index (χ0n) is 15.3. The van der Waals surface area contributed by atoms with Crippen molar-refractivity contribution in [2.24, 2.45) is 0 Å². The first-order valence-electron chi connectivity index (χ1n) is 8.72. The molecule has 0 spiro atoms. The van der Waals surface area contributed by atoms with Crippen molar-refractivity contribution in [3.63, 3.8) is 0 Å². The van der Waals surface area contributed by atoms with Crippen molar-refractivity contribution < 1.29 is 37.0 Å². The summed E-state index contributed by atoms with van der Waals surface area (Å²) < 4.78 is 21.2. The van der Waals surface area contributed by atoms with E-state index < -0.39 is 11.9 Å². The van der Waals surface area contributed by atoms with Gasteiger partial charge in [0.25, 0.3) is 0 Å². The van der Waals surface area contributed by atoms with Gasteiger partial charge >= 0.3 is 11.9 Å². The Kier molecular flexibility index (Phi) is 5.47.